The highest BCUT2D eigenvalue weighted by molar-refractivity contribution is 7.99. The molecule has 2 nitrogen and oxygen atoms in total. The second kappa shape index (κ2) is 6.05. The van der Waals surface area contributed by atoms with E-state index >= 15 is 0 Å². The van der Waals surface area contributed by atoms with Crippen LogP contribution in [-0.2, 0) is 12.2 Å². The van der Waals surface area contributed by atoms with Crippen molar-refractivity contribution >= 4 is 23.1 Å². The van der Waals surface area contributed by atoms with Gasteiger partial charge < -0.3 is 0 Å². The zero-order valence-electron chi connectivity index (χ0n) is 8.49. The number of thioether (sulfide) groups is 1. The molecule has 0 aliphatic rings. The van der Waals surface area contributed by atoms with Gasteiger partial charge in [0.25, 0.3) is 0 Å². The summed E-state index contributed by atoms with van der Waals surface area (Å²) in [5, 5.41) is 12.3. The van der Waals surface area contributed by atoms with Crippen molar-refractivity contribution in [3.63, 3.8) is 0 Å². The SMILES string of the molecule is CCC(C)SCc1nc(CC#N)cs1. The molecule has 1 atom stereocenters. The Hall–Kier alpha value is -0.530. The largest absolute Gasteiger partial charge is 0.244 e. The zero-order chi connectivity index (χ0) is 10.4. The van der Waals surface area contributed by atoms with Crippen LogP contribution in [0.25, 0.3) is 0 Å². The van der Waals surface area contributed by atoms with Gasteiger partial charge in [0.2, 0.25) is 0 Å². The van der Waals surface area contributed by atoms with Gasteiger partial charge in [0.1, 0.15) is 5.01 Å². The second-order valence-electron chi connectivity index (χ2n) is 3.10. The van der Waals surface area contributed by atoms with Crippen molar-refractivity contribution in [2.24, 2.45) is 0 Å². The van der Waals surface area contributed by atoms with E-state index in [9.17, 15) is 0 Å². The molecule has 14 heavy (non-hydrogen) atoms. The Labute approximate surface area is 93.4 Å². The first-order valence-corrected chi connectivity index (χ1v) is 6.61. The molecule has 0 spiro atoms. The van der Waals surface area contributed by atoms with Gasteiger partial charge in [-0.1, -0.05) is 13.8 Å². The summed E-state index contributed by atoms with van der Waals surface area (Å²) in [5.74, 6) is 0.977. The Kier molecular flexibility index (Phi) is 4.99. The predicted octanol–water partition coefficient (Wildman–Crippen LogP) is 3.24. The number of aromatic nitrogens is 1. The van der Waals surface area contributed by atoms with Crippen molar-refractivity contribution in [1.29, 1.82) is 5.26 Å². The third-order valence-corrected chi connectivity index (χ3v) is 4.35. The third-order valence-electron chi connectivity index (χ3n) is 1.93. The topological polar surface area (TPSA) is 36.7 Å². The van der Waals surface area contributed by atoms with Gasteiger partial charge in [-0.05, 0) is 6.42 Å². The lowest BCUT2D eigenvalue weighted by Crippen LogP contribution is -1.93. The van der Waals surface area contributed by atoms with E-state index < -0.39 is 0 Å². The van der Waals surface area contributed by atoms with Crippen LogP contribution in [0.4, 0.5) is 0 Å². The molecule has 4 heteroatoms. The van der Waals surface area contributed by atoms with E-state index in [-0.39, 0.29) is 0 Å². The van der Waals surface area contributed by atoms with E-state index in [1.165, 1.54) is 6.42 Å². The molecule has 0 N–H and O–H groups in total. The minimum absolute atomic E-state index is 0.435. The molecule has 0 amide bonds. The molecular formula is C10H14N2S2. The highest BCUT2D eigenvalue weighted by Crippen LogP contribution is 2.22. The highest BCUT2D eigenvalue weighted by Gasteiger charge is 2.04. The standard InChI is InChI=1S/C10H14N2S2/c1-3-8(2)13-7-10-12-9(4-5-11)6-14-10/h6,8H,3-4,7H2,1-2H3. The van der Waals surface area contributed by atoms with Crippen LogP contribution in [0, 0.1) is 11.3 Å². The van der Waals surface area contributed by atoms with Crippen molar-refractivity contribution < 1.29 is 0 Å². The lowest BCUT2D eigenvalue weighted by molar-refractivity contribution is 0.904. The predicted molar refractivity (Wildman–Crippen MR) is 62.5 cm³/mol. The third kappa shape index (κ3) is 3.69. The average Bonchev–Trinajstić information content (AvgIpc) is 2.63. The molecule has 76 valence electrons. The summed E-state index contributed by atoms with van der Waals surface area (Å²) in [5.41, 5.74) is 0.914. The number of nitriles is 1. The van der Waals surface area contributed by atoms with E-state index in [2.05, 4.69) is 24.9 Å². The minimum atomic E-state index is 0.435. The van der Waals surface area contributed by atoms with Gasteiger partial charge in [0, 0.05) is 16.4 Å². The maximum absolute atomic E-state index is 8.49. The van der Waals surface area contributed by atoms with Gasteiger partial charge in [-0.3, -0.25) is 0 Å². The van der Waals surface area contributed by atoms with E-state index in [0.717, 1.165) is 16.5 Å². The number of nitrogens with zero attached hydrogens (tertiary/aromatic N) is 2. The summed E-state index contributed by atoms with van der Waals surface area (Å²) < 4.78 is 0. The van der Waals surface area contributed by atoms with Gasteiger partial charge in [0.15, 0.2) is 0 Å². The molecule has 0 saturated carbocycles. The van der Waals surface area contributed by atoms with Gasteiger partial charge in [-0.25, -0.2) is 4.98 Å². The summed E-state index contributed by atoms with van der Waals surface area (Å²) in [6.45, 7) is 4.43. The molecule has 0 radical (unpaired) electrons. The smallest absolute Gasteiger partial charge is 0.103 e. The van der Waals surface area contributed by atoms with Crippen molar-refractivity contribution in [2.75, 3.05) is 0 Å². The fourth-order valence-corrected chi connectivity index (χ4v) is 2.69. The van der Waals surface area contributed by atoms with E-state index in [1.54, 1.807) is 11.3 Å². The molecular weight excluding hydrogens is 212 g/mol. The molecule has 0 saturated heterocycles. The van der Waals surface area contributed by atoms with Gasteiger partial charge >= 0.3 is 0 Å². The van der Waals surface area contributed by atoms with E-state index in [1.807, 2.05) is 17.1 Å². The minimum Gasteiger partial charge on any atom is -0.244 e. The first-order chi connectivity index (χ1) is 6.76. The van der Waals surface area contributed by atoms with Gasteiger partial charge in [-0.2, -0.15) is 17.0 Å². The summed E-state index contributed by atoms with van der Waals surface area (Å²) in [4.78, 5) is 4.38. The normalized spacial score (nSPS) is 12.4. The zero-order valence-corrected chi connectivity index (χ0v) is 10.1. The Morgan fingerprint density at radius 3 is 3.14 bits per heavy atom. The van der Waals surface area contributed by atoms with Crippen LogP contribution in [0.5, 0.6) is 0 Å². The Balaban J connectivity index is 2.40. The molecule has 0 bridgehead atoms. The van der Waals surface area contributed by atoms with Gasteiger partial charge in [0.05, 0.1) is 18.2 Å². The summed E-state index contributed by atoms with van der Waals surface area (Å²) in [7, 11) is 0. The lowest BCUT2D eigenvalue weighted by Gasteiger charge is -2.04. The summed E-state index contributed by atoms with van der Waals surface area (Å²) in [6.07, 6.45) is 1.63. The number of rotatable bonds is 5. The van der Waals surface area contributed by atoms with Crippen LogP contribution in [0.1, 0.15) is 31.0 Å². The number of hydrogen-bond acceptors (Lipinski definition) is 4. The molecule has 0 aliphatic carbocycles. The van der Waals surface area contributed by atoms with Crippen LogP contribution >= 0.6 is 23.1 Å². The lowest BCUT2D eigenvalue weighted by atomic mass is 10.4. The fourth-order valence-electron chi connectivity index (χ4n) is 0.909. The molecule has 1 heterocycles. The van der Waals surface area contributed by atoms with Crippen LogP contribution in [-0.4, -0.2) is 10.2 Å². The first kappa shape index (κ1) is 11.5. The number of thiazole rings is 1. The second-order valence-corrected chi connectivity index (χ2v) is 5.47. The number of hydrogen-bond donors (Lipinski definition) is 0. The highest BCUT2D eigenvalue weighted by atomic mass is 32.2. The Morgan fingerprint density at radius 1 is 1.71 bits per heavy atom. The van der Waals surface area contributed by atoms with Crippen molar-refractivity contribution in [2.45, 2.75) is 37.7 Å². The molecule has 1 unspecified atom stereocenters. The quantitative estimate of drug-likeness (QED) is 0.773. The summed E-state index contributed by atoms with van der Waals surface area (Å²) >= 11 is 3.58. The van der Waals surface area contributed by atoms with Crippen LogP contribution in [0.3, 0.4) is 0 Å². The van der Waals surface area contributed by atoms with Crippen molar-refractivity contribution in [3.05, 3.63) is 16.1 Å². The average molecular weight is 226 g/mol. The summed E-state index contributed by atoms with van der Waals surface area (Å²) in [6, 6.07) is 2.11. The van der Waals surface area contributed by atoms with Gasteiger partial charge in [-0.15, -0.1) is 11.3 Å². The fraction of sp³-hybridized carbons (Fsp3) is 0.600. The maximum Gasteiger partial charge on any atom is 0.103 e. The molecule has 1 aromatic rings. The Bertz CT molecular complexity index is 314. The van der Waals surface area contributed by atoms with Crippen LogP contribution in [0.15, 0.2) is 5.38 Å². The van der Waals surface area contributed by atoms with Crippen LogP contribution < -0.4 is 0 Å². The molecule has 0 fully saturated rings. The maximum atomic E-state index is 8.49. The monoisotopic (exact) mass is 226 g/mol. The first-order valence-electron chi connectivity index (χ1n) is 4.68. The van der Waals surface area contributed by atoms with E-state index in [4.69, 9.17) is 5.26 Å². The molecule has 1 aromatic heterocycles. The van der Waals surface area contributed by atoms with Crippen molar-refractivity contribution in [1.82, 2.24) is 4.98 Å². The molecule has 0 aromatic carbocycles. The van der Waals surface area contributed by atoms with Crippen LogP contribution in [0.2, 0.25) is 0 Å². The molecule has 1 rings (SSSR count). The van der Waals surface area contributed by atoms with E-state index in [0.29, 0.717) is 11.7 Å². The molecule has 0 aliphatic heterocycles. The van der Waals surface area contributed by atoms with Crippen molar-refractivity contribution in [3.8, 4) is 6.07 Å². The Morgan fingerprint density at radius 2 is 2.50 bits per heavy atom.